The number of carbonyl (C=O) groups excluding carboxylic acids is 2. The van der Waals surface area contributed by atoms with Gasteiger partial charge in [0.1, 0.15) is 0 Å². The number of nitrogens with zero attached hydrogens (tertiary/aromatic N) is 3. The zero-order valence-electron chi connectivity index (χ0n) is 21.8. The van der Waals surface area contributed by atoms with Crippen LogP contribution in [0.2, 0.25) is 5.02 Å². The SMILES string of the molecule is CN1CCC(C2CCN(C(=O)[C@@](C)(NC(=O)c3ccc4c(Cl)c[nH]c4c3)N3CCOCC3)CC2)CC1.Cl. The number of amides is 2. The number of likely N-dealkylation sites (tertiary alicyclic amines) is 2. The number of aromatic amines is 1. The van der Waals surface area contributed by atoms with Crippen molar-refractivity contribution >= 4 is 46.7 Å². The zero-order chi connectivity index (χ0) is 25.3. The first kappa shape index (κ1) is 28.2. The monoisotopic (exact) mass is 551 g/mol. The van der Waals surface area contributed by atoms with Crippen LogP contribution in [-0.2, 0) is 9.53 Å². The molecule has 0 bridgehead atoms. The first-order valence-corrected chi connectivity index (χ1v) is 13.6. The highest BCUT2D eigenvalue weighted by Gasteiger charge is 2.45. The minimum absolute atomic E-state index is 0. The van der Waals surface area contributed by atoms with Crippen molar-refractivity contribution in [1.82, 2.24) is 25.0 Å². The fourth-order valence-electron chi connectivity index (χ4n) is 6.19. The second-order valence-electron chi connectivity index (χ2n) is 10.8. The van der Waals surface area contributed by atoms with E-state index < -0.39 is 5.66 Å². The van der Waals surface area contributed by atoms with E-state index in [-0.39, 0.29) is 24.2 Å². The Morgan fingerprint density at radius 2 is 1.65 bits per heavy atom. The van der Waals surface area contributed by atoms with E-state index in [0.29, 0.717) is 42.8 Å². The standard InChI is InChI=1S/C27H38ClN5O3.ClH/c1-27(33-13-15-36-16-14-33,30-25(34)21-3-4-22-23(28)18-29-24(22)17-21)26(35)32-11-7-20(8-12-32)19-5-9-31(2)10-6-19;/h3-4,17-20,29H,5-16H2,1-2H3,(H,30,34);1H/t27-;/m0./s1. The molecule has 3 aliphatic heterocycles. The average Bonchev–Trinajstić information content (AvgIpc) is 3.29. The van der Waals surface area contributed by atoms with Gasteiger partial charge in [-0.25, -0.2) is 0 Å². The van der Waals surface area contributed by atoms with Crippen LogP contribution in [0.25, 0.3) is 10.9 Å². The smallest absolute Gasteiger partial charge is 0.263 e. The minimum Gasteiger partial charge on any atom is -0.379 e. The summed E-state index contributed by atoms with van der Waals surface area (Å²) in [4.78, 5) is 37.0. The number of piperidine rings is 2. The highest BCUT2D eigenvalue weighted by molar-refractivity contribution is 6.35. The maximum absolute atomic E-state index is 14.0. The van der Waals surface area contributed by atoms with Crippen molar-refractivity contribution in [2.24, 2.45) is 11.8 Å². The number of ether oxygens (including phenoxy) is 1. The summed E-state index contributed by atoms with van der Waals surface area (Å²) >= 11 is 6.20. The Morgan fingerprint density at radius 3 is 2.30 bits per heavy atom. The van der Waals surface area contributed by atoms with Crippen molar-refractivity contribution in [3.63, 3.8) is 0 Å². The Hall–Kier alpha value is -1.84. The summed E-state index contributed by atoms with van der Waals surface area (Å²) in [6, 6.07) is 5.38. The van der Waals surface area contributed by atoms with E-state index in [9.17, 15) is 9.59 Å². The van der Waals surface area contributed by atoms with Crippen LogP contribution in [0.5, 0.6) is 0 Å². The maximum atomic E-state index is 14.0. The van der Waals surface area contributed by atoms with Gasteiger partial charge in [-0.05, 0) is 76.7 Å². The lowest BCUT2D eigenvalue weighted by Gasteiger charge is -2.46. The van der Waals surface area contributed by atoms with E-state index in [1.54, 1.807) is 18.3 Å². The van der Waals surface area contributed by atoms with Crippen LogP contribution in [-0.4, -0.2) is 96.7 Å². The number of hydrogen-bond donors (Lipinski definition) is 2. The highest BCUT2D eigenvalue weighted by Crippen LogP contribution is 2.33. The third kappa shape index (κ3) is 5.93. The number of benzene rings is 1. The van der Waals surface area contributed by atoms with Gasteiger partial charge in [0.2, 0.25) is 0 Å². The van der Waals surface area contributed by atoms with Crippen LogP contribution in [0.15, 0.2) is 24.4 Å². The van der Waals surface area contributed by atoms with Crippen LogP contribution in [0.3, 0.4) is 0 Å². The van der Waals surface area contributed by atoms with Crippen molar-refractivity contribution in [3.8, 4) is 0 Å². The lowest BCUT2D eigenvalue weighted by Crippen LogP contribution is -2.69. The van der Waals surface area contributed by atoms with Crippen molar-refractivity contribution in [2.45, 2.75) is 38.3 Å². The summed E-state index contributed by atoms with van der Waals surface area (Å²) in [5.41, 5.74) is 0.154. The molecule has 5 rings (SSSR count). The molecule has 3 fully saturated rings. The molecule has 2 amide bonds. The topological polar surface area (TPSA) is 80.9 Å². The fourth-order valence-corrected chi connectivity index (χ4v) is 6.40. The van der Waals surface area contributed by atoms with Gasteiger partial charge >= 0.3 is 0 Å². The third-order valence-corrected chi connectivity index (χ3v) is 8.88. The lowest BCUT2D eigenvalue weighted by molar-refractivity contribution is -0.150. The minimum atomic E-state index is -1.14. The Balaban J connectivity index is 0.00000320. The summed E-state index contributed by atoms with van der Waals surface area (Å²) in [5.74, 6) is 1.15. The zero-order valence-corrected chi connectivity index (χ0v) is 23.4. The highest BCUT2D eigenvalue weighted by atomic mass is 35.5. The number of hydrogen-bond acceptors (Lipinski definition) is 5. The first-order chi connectivity index (χ1) is 17.3. The number of H-pyrrole nitrogens is 1. The van der Waals surface area contributed by atoms with Crippen LogP contribution in [0.4, 0.5) is 0 Å². The second kappa shape index (κ2) is 11.9. The number of halogens is 2. The number of carbonyl (C=O) groups is 2. The predicted molar refractivity (Wildman–Crippen MR) is 148 cm³/mol. The molecule has 0 aliphatic carbocycles. The summed E-state index contributed by atoms with van der Waals surface area (Å²) in [6.07, 6.45) is 6.31. The lowest BCUT2D eigenvalue weighted by atomic mass is 9.78. The van der Waals surface area contributed by atoms with Crippen molar-refractivity contribution in [3.05, 3.63) is 35.0 Å². The number of fused-ring (bicyclic) bond motifs is 1. The van der Waals surface area contributed by atoms with E-state index >= 15 is 0 Å². The molecule has 1 aromatic heterocycles. The largest absolute Gasteiger partial charge is 0.379 e. The second-order valence-corrected chi connectivity index (χ2v) is 11.2. The third-order valence-electron chi connectivity index (χ3n) is 8.57. The number of morpholine rings is 1. The molecule has 0 unspecified atom stereocenters. The van der Waals surface area contributed by atoms with Gasteiger partial charge in [-0.1, -0.05) is 17.7 Å². The molecule has 8 nitrogen and oxygen atoms in total. The molecule has 0 spiro atoms. The van der Waals surface area contributed by atoms with Crippen molar-refractivity contribution in [1.29, 1.82) is 0 Å². The molecule has 4 heterocycles. The van der Waals surface area contributed by atoms with Gasteiger partial charge < -0.3 is 24.8 Å². The van der Waals surface area contributed by atoms with E-state index in [1.807, 2.05) is 17.9 Å². The van der Waals surface area contributed by atoms with Gasteiger partial charge in [0.25, 0.3) is 11.8 Å². The van der Waals surface area contributed by atoms with Crippen LogP contribution in [0.1, 0.15) is 43.0 Å². The number of aromatic nitrogens is 1. The molecule has 3 aliphatic rings. The molecule has 0 radical (unpaired) electrons. The molecule has 3 saturated heterocycles. The number of rotatable bonds is 5. The quantitative estimate of drug-likeness (QED) is 0.593. The van der Waals surface area contributed by atoms with Crippen molar-refractivity contribution in [2.75, 3.05) is 59.5 Å². The van der Waals surface area contributed by atoms with Gasteiger partial charge in [-0.15, -0.1) is 12.4 Å². The van der Waals surface area contributed by atoms with E-state index in [4.69, 9.17) is 16.3 Å². The molecule has 37 heavy (non-hydrogen) atoms. The van der Waals surface area contributed by atoms with Crippen molar-refractivity contribution < 1.29 is 14.3 Å². The molecular formula is C27H39Cl2N5O3. The van der Waals surface area contributed by atoms with Gasteiger partial charge in [0, 0.05) is 48.8 Å². The molecule has 10 heteroatoms. The summed E-state index contributed by atoms with van der Waals surface area (Å²) in [7, 11) is 2.20. The normalized spacial score (nSPS) is 22.4. The fraction of sp³-hybridized carbons (Fsp3) is 0.630. The average molecular weight is 553 g/mol. The van der Waals surface area contributed by atoms with Gasteiger partial charge in [0.05, 0.1) is 18.2 Å². The van der Waals surface area contributed by atoms with E-state index in [1.165, 1.54) is 25.9 Å². The Labute approximate surface area is 230 Å². The van der Waals surface area contributed by atoms with Gasteiger partial charge in [-0.3, -0.25) is 14.5 Å². The van der Waals surface area contributed by atoms with Gasteiger partial charge in [-0.2, -0.15) is 0 Å². The van der Waals surface area contributed by atoms with E-state index in [2.05, 4.69) is 27.1 Å². The maximum Gasteiger partial charge on any atom is 0.263 e. The Bertz CT molecular complexity index is 1090. The molecular weight excluding hydrogens is 513 g/mol. The van der Waals surface area contributed by atoms with Crippen LogP contribution in [0, 0.1) is 11.8 Å². The van der Waals surface area contributed by atoms with Crippen LogP contribution >= 0.6 is 24.0 Å². The summed E-state index contributed by atoms with van der Waals surface area (Å²) in [6.45, 7) is 7.98. The molecule has 1 aromatic carbocycles. The van der Waals surface area contributed by atoms with Gasteiger partial charge in [0.15, 0.2) is 5.66 Å². The Kier molecular flexibility index (Phi) is 9.07. The molecule has 2 aromatic rings. The summed E-state index contributed by atoms with van der Waals surface area (Å²) < 4.78 is 5.55. The molecule has 204 valence electrons. The molecule has 0 saturated carbocycles. The van der Waals surface area contributed by atoms with E-state index in [0.717, 1.165) is 42.8 Å². The molecule has 2 N–H and O–H groups in total. The molecule has 1 atom stereocenters. The first-order valence-electron chi connectivity index (χ1n) is 13.2. The number of nitrogens with one attached hydrogen (secondary N) is 2. The van der Waals surface area contributed by atoms with Crippen LogP contribution < -0.4 is 5.32 Å². The Morgan fingerprint density at radius 1 is 1.03 bits per heavy atom. The summed E-state index contributed by atoms with van der Waals surface area (Å²) in [5, 5.41) is 4.60. The predicted octanol–water partition coefficient (Wildman–Crippen LogP) is 3.60.